The summed E-state index contributed by atoms with van der Waals surface area (Å²) in [5, 5.41) is 0. The Morgan fingerprint density at radius 3 is 2.80 bits per heavy atom. The van der Waals surface area contributed by atoms with Crippen LogP contribution < -0.4 is 0 Å². The molecule has 0 aliphatic carbocycles. The highest BCUT2D eigenvalue weighted by Gasteiger charge is 2.29. The van der Waals surface area contributed by atoms with E-state index in [2.05, 4.69) is 34.8 Å². The van der Waals surface area contributed by atoms with Gasteiger partial charge in [-0.05, 0) is 37.6 Å². The van der Waals surface area contributed by atoms with Gasteiger partial charge in [0.25, 0.3) is 0 Å². The molecule has 2 atom stereocenters. The van der Waals surface area contributed by atoms with Crippen molar-refractivity contribution >= 4 is 21.8 Å². The molecular formula is C16H23BrN2O. The second-order valence-electron chi connectivity index (χ2n) is 5.87. The van der Waals surface area contributed by atoms with Crippen LogP contribution in [0, 0.1) is 5.92 Å². The average Bonchev–Trinajstić information content (AvgIpc) is 2.40. The number of hydrogen-bond donors (Lipinski definition) is 0. The number of benzene rings is 1. The van der Waals surface area contributed by atoms with Gasteiger partial charge in [-0.3, -0.25) is 4.79 Å². The Hall–Kier alpha value is -0.870. The number of halogens is 1. The molecule has 1 aliphatic rings. The second-order valence-corrected chi connectivity index (χ2v) is 6.72. The summed E-state index contributed by atoms with van der Waals surface area (Å²) < 4.78 is 1.01. The number of carbonyl (C=O) groups is 1. The van der Waals surface area contributed by atoms with E-state index in [1.807, 2.05) is 36.2 Å². The summed E-state index contributed by atoms with van der Waals surface area (Å²) in [6.07, 6.45) is 1.53. The quantitative estimate of drug-likeness (QED) is 0.846. The van der Waals surface area contributed by atoms with Crippen molar-refractivity contribution in [3.05, 3.63) is 34.3 Å². The van der Waals surface area contributed by atoms with Crippen LogP contribution in [0.3, 0.4) is 0 Å². The van der Waals surface area contributed by atoms with Crippen molar-refractivity contribution in [1.29, 1.82) is 0 Å². The van der Waals surface area contributed by atoms with E-state index in [-0.39, 0.29) is 5.91 Å². The molecule has 0 unspecified atom stereocenters. The van der Waals surface area contributed by atoms with Gasteiger partial charge < -0.3 is 9.80 Å². The molecule has 1 aliphatic heterocycles. The summed E-state index contributed by atoms with van der Waals surface area (Å²) >= 11 is 3.51. The van der Waals surface area contributed by atoms with E-state index in [0.29, 0.717) is 18.4 Å². The van der Waals surface area contributed by atoms with E-state index in [4.69, 9.17) is 0 Å². The van der Waals surface area contributed by atoms with Crippen molar-refractivity contribution < 1.29 is 4.79 Å². The number of nitrogens with zero attached hydrogens (tertiary/aromatic N) is 2. The molecule has 1 aromatic carbocycles. The lowest BCUT2D eigenvalue weighted by atomic mass is 9.92. The monoisotopic (exact) mass is 338 g/mol. The molecule has 0 aromatic heterocycles. The summed E-state index contributed by atoms with van der Waals surface area (Å²) in [4.78, 5) is 16.8. The molecule has 0 radical (unpaired) electrons. The first-order chi connectivity index (χ1) is 9.49. The van der Waals surface area contributed by atoms with Gasteiger partial charge in [-0.1, -0.05) is 41.1 Å². The molecule has 20 heavy (non-hydrogen) atoms. The van der Waals surface area contributed by atoms with Crippen molar-refractivity contribution in [1.82, 2.24) is 9.80 Å². The minimum Gasteiger partial charge on any atom is -0.342 e. The highest BCUT2D eigenvalue weighted by Crippen LogP contribution is 2.22. The van der Waals surface area contributed by atoms with Gasteiger partial charge in [0.1, 0.15) is 0 Å². The Labute approximate surface area is 130 Å². The molecule has 1 heterocycles. The van der Waals surface area contributed by atoms with Crippen molar-refractivity contribution in [2.75, 3.05) is 27.2 Å². The third kappa shape index (κ3) is 3.61. The minimum absolute atomic E-state index is 0.207. The van der Waals surface area contributed by atoms with Gasteiger partial charge in [-0.15, -0.1) is 0 Å². The first kappa shape index (κ1) is 15.5. The number of likely N-dealkylation sites (tertiary alicyclic amines) is 1. The lowest BCUT2D eigenvalue weighted by Crippen LogP contribution is -2.50. The number of amides is 1. The third-order valence-electron chi connectivity index (χ3n) is 4.25. The molecule has 110 valence electrons. The van der Waals surface area contributed by atoms with Crippen molar-refractivity contribution in [3.8, 4) is 0 Å². The van der Waals surface area contributed by atoms with Gasteiger partial charge in [-0.2, -0.15) is 0 Å². The largest absolute Gasteiger partial charge is 0.342 e. The number of carbonyl (C=O) groups excluding carboxylic acids is 1. The summed E-state index contributed by atoms with van der Waals surface area (Å²) in [6, 6.07) is 8.31. The van der Waals surface area contributed by atoms with E-state index < -0.39 is 0 Å². The first-order valence-corrected chi connectivity index (χ1v) is 7.96. The molecular weight excluding hydrogens is 316 g/mol. The molecule has 1 aromatic rings. The van der Waals surface area contributed by atoms with Crippen LogP contribution in [0.4, 0.5) is 0 Å². The predicted octanol–water partition coefficient (Wildman–Crippen LogP) is 2.79. The van der Waals surface area contributed by atoms with Crippen molar-refractivity contribution in [2.24, 2.45) is 5.92 Å². The van der Waals surface area contributed by atoms with E-state index in [0.717, 1.165) is 29.5 Å². The van der Waals surface area contributed by atoms with Crippen molar-refractivity contribution in [2.45, 2.75) is 25.8 Å². The highest BCUT2D eigenvalue weighted by atomic mass is 79.9. The topological polar surface area (TPSA) is 23.6 Å². The SMILES string of the molecule is C[C@H]1CN(C)CC[C@H]1N(C)C(=O)Cc1ccccc1Br. The Morgan fingerprint density at radius 1 is 1.45 bits per heavy atom. The zero-order valence-electron chi connectivity index (χ0n) is 12.5. The summed E-state index contributed by atoms with van der Waals surface area (Å²) in [5.74, 6) is 0.736. The van der Waals surface area contributed by atoms with Crippen LogP contribution >= 0.6 is 15.9 Å². The molecule has 2 rings (SSSR count). The van der Waals surface area contributed by atoms with E-state index in [1.54, 1.807) is 0 Å². The van der Waals surface area contributed by atoms with Gasteiger partial charge in [0.15, 0.2) is 0 Å². The molecule has 1 saturated heterocycles. The number of rotatable bonds is 3. The molecule has 3 nitrogen and oxygen atoms in total. The van der Waals surface area contributed by atoms with Crippen LogP contribution in [0.5, 0.6) is 0 Å². The molecule has 0 spiro atoms. The molecule has 0 saturated carbocycles. The molecule has 0 bridgehead atoms. The Kier molecular flexibility index (Phi) is 5.22. The second kappa shape index (κ2) is 6.72. The Balaban J connectivity index is 2.00. The fourth-order valence-corrected chi connectivity index (χ4v) is 3.46. The van der Waals surface area contributed by atoms with Crippen LogP contribution in [0.2, 0.25) is 0 Å². The van der Waals surface area contributed by atoms with Crippen LogP contribution in [0.25, 0.3) is 0 Å². The lowest BCUT2D eigenvalue weighted by Gasteiger charge is -2.40. The standard InChI is InChI=1S/C16H23BrN2O/c1-12-11-18(2)9-8-15(12)19(3)16(20)10-13-6-4-5-7-14(13)17/h4-7,12,15H,8-11H2,1-3H3/t12-,15+/m0/s1. The van der Waals surface area contributed by atoms with Crippen molar-refractivity contribution in [3.63, 3.8) is 0 Å². The fraction of sp³-hybridized carbons (Fsp3) is 0.562. The van der Waals surface area contributed by atoms with Crippen LogP contribution in [-0.4, -0.2) is 48.9 Å². The molecule has 0 N–H and O–H groups in total. The fourth-order valence-electron chi connectivity index (χ4n) is 3.03. The van der Waals surface area contributed by atoms with Gasteiger partial charge in [-0.25, -0.2) is 0 Å². The summed E-state index contributed by atoms with van der Waals surface area (Å²) in [6.45, 7) is 4.38. The maximum Gasteiger partial charge on any atom is 0.227 e. The summed E-state index contributed by atoms with van der Waals surface area (Å²) in [5.41, 5.74) is 1.06. The normalized spacial score (nSPS) is 23.6. The van der Waals surface area contributed by atoms with Crippen LogP contribution in [-0.2, 0) is 11.2 Å². The minimum atomic E-state index is 0.207. The smallest absolute Gasteiger partial charge is 0.227 e. The molecule has 4 heteroatoms. The predicted molar refractivity (Wildman–Crippen MR) is 85.7 cm³/mol. The molecule has 1 fully saturated rings. The van der Waals surface area contributed by atoms with E-state index in [9.17, 15) is 4.79 Å². The number of likely N-dealkylation sites (N-methyl/N-ethyl adjacent to an activating group) is 1. The zero-order chi connectivity index (χ0) is 14.7. The highest BCUT2D eigenvalue weighted by molar-refractivity contribution is 9.10. The van der Waals surface area contributed by atoms with Crippen LogP contribution in [0.1, 0.15) is 18.9 Å². The van der Waals surface area contributed by atoms with Crippen LogP contribution in [0.15, 0.2) is 28.7 Å². The van der Waals surface area contributed by atoms with Gasteiger partial charge in [0.05, 0.1) is 6.42 Å². The van der Waals surface area contributed by atoms with Gasteiger partial charge in [0.2, 0.25) is 5.91 Å². The maximum absolute atomic E-state index is 12.5. The first-order valence-electron chi connectivity index (χ1n) is 7.16. The Morgan fingerprint density at radius 2 is 2.15 bits per heavy atom. The molecule has 1 amide bonds. The van der Waals surface area contributed by atoms with E-state index >= 15 is 0 Å². The summed E-state index contributed by atoms with van der Waals surface area (Å²) in [7, 11) is 4.10. The number of hydrogen-bond acceptors (Lipinski definition) is 2. The zero-order valence-corrected chi connectivity index (χ0v) is 14.1. The van der Waals surface area contributed by atoms with Gasteiger partial charge >= 0.3 is 0 Å². The lowest BCUT2D eigenvalue weighted by molar-refractivity contribution is -0.133. The Bertz CT molecular complexity index is 477. The maximum atomic E-state index is 12.5. The van der Waals surface area contributed by atoms with Gasteiger partial charge in [0, 0.05) is 24.1 Å². The van der Waals surface area contributed by atoms with E-state index in [1.165, 1.54) is 0 Å². The number of piperidine rings is 1. The average molecular weight is 339 g/mol. The third-order valence-corrected chi connectivity index (χ3v) is 5.03.